The average molecular weight is 771 g/mol. The number of esters is 1. The van der Waals surface area contributed by atoms with Gasteiger partial charge in [-0.05, 0) is 23.8 Å². The number of aliphatic hydroxyl groups excluding tert-OH is 4. The lowest BCUT2D eigenvalue weighted by Gasteiger charge is -2.42. The standard InChI is InChI=1S/C32H38N2O20/c35-10-32(49)11-51-31(26(32)42)54-25-24(41)23(40)20(9-50-22(39)8-21(37)38)53-30(25)52-19-6-13-5-17(29(47)48)34(16(13)7-18(19)36)2-1-12-3-14(27(43)44)33-15(4-12)28(45)46/h1,3,6-7,15,17,20,23-26,30-31,33,35-36,40-42,49H,2,4-5,8-11H2,(H,37,38)(H,43,44)(H,45,46)(H,47,48). The molecule has 4 aliphatic rings. The van der Waals surface area contributed by atoms with E-state index in [1.807, 2.05) is 0 Å². The molecule has 296 valence electrons. The van der Waals surface area contributed by atoms with E-state index in [1.165, 1.54) is 18.2 Å². The molecule has 54 heavy (non-hydrogen) atoms. The predicted molar refractivity (Wildman–Crippen MR) is 166 cm³/mol. The van der Waals surface area contributed by atoms with Gasteiger partial charge in [-0.3, -0.25) is 14.5 Å². The minimum absolute atomic E-state index is 0.117. The number of hydrogen-bond acceptors (Lipinski definition) is 18. The minimum Gasteiger partial charge on any atom is -0.544 e. The van der Waals surface area contributed by atoms with Gasteiger partial charge in [-0.25, -0.2) is 9.59 Å². The number of carbonyl (C=O) groups is 5. The smallest absolute Gasteiger partial charge is 0.351 e. The third kappa shape index (κ3) is 8.56. The normalized spacial score (nSPS) is 34.0. The monoisotopic (exact) mass is 770 g/mol. The van der Waals surface area contributed by atoms with Crippen LogP contribution in [0.4, 0.5) is 5.69 Å². The van der Waals surface area contributed by atoms with Crippen molar-refractivity contribution in [1.82, 2.24) is 5.32 Å². The molecule has 0 saturated carbocycles. The summed E-state index contributed by atoms with van der Waals surface area (Å²) in [4.78, 5) is 58.3. The van der Waals surface area contributed by atoms with E-state index in [9.17, 15) is 69.9 Å². The first-order chi connectivity index (χ1) is 25.4. The zero-order chi connectivity index (χ0) is 39.6. The highest BCUT2D eigenvalue weighted by molar-refractivity contribution is 5.90. The minimum atomic E-state index is -2.17. The van der Waals surface area contributed by atoms with Crippen LogP contribution in [0.3, 0.4) is 0 Å². The number of fused-ring (bicyclic) bond motifs is 1. The van der Waals surface area contributed by atoms with Gasteiger partial charge < -0.3 is 84.9 Å². The van der Waals surface area contributed by atoms with Crippen LogP contribution in [0, 0.1) is 0 Å². The molecular weight excluding hydrogens is 732 g/mol. The van der Waals surface area contributed by atoms with E-state index in [-0.39, 0.29) is 41.4 Å². The highest BCUT2D eigenvalue weighted by atomic mass is 16.8. The summed E-state index contributed by atoms with van der Waals surface area (Å²) in [5.74, 6) is -7.92. The quantitative estimate of drug-likeness (QED) is 0.0619. The summed E-state index contributed by atoms with van der Waals surface area (Å²) in [6.45, 7) is -2.47. The topological polar surface area (TPSA) is 353 Å². The van der Waals surface area contributed by atoms with Crippen LogP contribution in [0.2, 0.25) is 0 Å². The van der Waals surface area contributed by atoms with E-state index in [1.54, 1.807) is 0 Å². The zero-order valence-corrected chi connectivity index (χ0v) is 28.0. The summed E-state index contributed by atoms with van der Waals surface area (Å²) in [6.07, 6.45) is -11.4. The van der Waals surface area contributed by atoms with Crippen molar-refractivity contribution in [3.05, 3.63) is 41.1 Å². The first kappa shape index (κ1) is 40.3. The Morgan fingerprint density at radius 2 is 1.78 bits per heavy atom. The molecular formula is C32H38N2O20. The Balaban J connectivity index is 1.42. The number of nitrogens with one attached hydrogen (secondary N) is 2. The molecule has 0 spiro atoms. The second kappa shape index (κ2) is 16.2. The summed E-state index contributed by atoms with van der Waals surface area (Å²) in [5.41, 5.74) is -1.70. The third-order valence-electron chi connectivity index (χ3n) is 9.33. The number of phenols is 1. The lowest BCUT2D eigenvalue weighted by molar-refractivity contribution is -0.840. The molecule has 0 radical (unpaired) electrons. The molecule has 1 aromatic rings. The molecule has 11 N–H and O–H groups in total. The van der Waals surface area contributed by atoms with Crippen molar-refractivity contribution in [3.63, 3.8) is 0 Å². The van der Waals surface area contributed by atoms with Crippen molar-refractivity contribution in [1.29, 1.82) is 0 Å². The zero-order valence-electron chi connectivity index (χ0n) is 28.0. The number of carboxylic acid groups (broad SMARTS) is 4. The van der Waals surface area contributed by atoms with Crippen molar-refractivity contribution >= 4 is 35.5 Å². The summed E-state index contributed by atoms with van der Waals surface area (Å²) < 4.78 is 27.3. The molecule has 2 fully saturated rings. The molecule has 0 bridgehead atoms. The third-order valence-corrected chi connectivity index (χ3v) is 9.33. The number of ether oxygens (including phenoxy) is 5. The van der Waals surface area contributed by atoms with Crippen LogP contribution in [0.1, 0.15) is 18.4 Å². The van der Waals surface area contributed by atoms with Crippen LogP contribution in [0.15, 0.2) is 35.6 Å². The molecule has 22 nitrogen and oxygen atoms in total. The van der Waals surface area contributed by atoms with Crippen LogP contribution in [-0.2, 0) is 49.3 Å². The number of benzene rings is 1. The van der Waals surface area contributed by atoms with Crippen LogP contribution >= 0.6 is 0 Å². The Labute approximate surface area is 303 Å². The summed E-state index contributed by atoms with van der Waals surface area (Å²) >= 11 is 0. The molecule has 1 aromatic carbocycles. The first-order valence-electron chi connectivity index (χ1n) is 16.3. The van der Waals surface area contributed by atoms with Gasteiger partial charge in [0.1, 0.15) is 79.0 Å². The maximum Gasteiger partial charge on any atom is 0.351 e. The largest absolute Gasteiger partial charge is 0.544 e. The average Bonchev–Trinajstić information content (AvgIpc) is 3.61. The molecule has 11 unspecified atom stereocenters. The fourth-order valence-corrected chi connectivity index (χ4v) is 6.42. The number of phenolic OH excluding ortho intramolecular Hbond substituents is 1. The van der Waals surface area contributed by atoms with Crippen molar-refractivity contribution in [2.24, 2.45) is 0 Å². The van der Waals surface area contributed by atoms with E-state index < -0.39 is 123 Å². The summed E-state index contributed by atoms with van der Waals surface area (Å²) in [7, 11) is 0. The highest BCUT2D eigenvalue weighted by Crippen LogP contribution is 2.38. The number of rotatable bonds is 14. The number of quaternary nitrogens is 1. The second-order valence-corrected chi connectivity index (χ2v) is 13.0. The molecule has 0 aromatic heterocycles. The van der Waals surface area contributed by atoms with Crippen molar-refractivity contribution in [2.45, 2.75) is 80.0 Å². The maximum atomic E-state index is 12.2. The van der Waals surface area contributed by atoms with Crippen LogP contribution in [-0.4, -0.2) is 163 Å². The van der Waals surface area contributed by atoms with E-state index in [0.717, 1.165) is 6.07 Å². The maximum absolute atomic E-state index is 12.2. The van der Waals surface area contributed by atoms with Gasteiger partial charge in [0.05, 0.1) is 13.2 Å². The lowest BCUT2D eigenvalue weighted by atomic mass is 9.98. The van der Waals surface area contributed by atoms with E-state index in [0.29, 0.717) is 11.1 Å². The van der Waals surface area contributed by atoms with Crippen molar-refractivity contribution in [3.8, 4) is 11.5 Å². The van der Waals surface area contributed by atoms with E-state index in [2.05, 4.69) is 5.32 Å². The van der Waals surface area contributed by atoms with Crippen molar-refractivity contribution < 1.29 is 104 Å². The van der Waals surface area contributed by atoms with Crippen LogP contribution in [0.25, 0.3) is 0 Å². The van der Waals surface area contributed by atoms with Gasteiger partial charge in [-0.1, -0.05) is 0 Å². The Morgan fingerprint density at radius 1 is 1.06 bits per heavy atom. The van der Waals surface area contributed by atoms with Crippen LogP contribution in [0.5, 0.6) is 11.5 Å². The highest BCUT2D eigenvalue weighted by Gasteiger charge is 2.54. The number of hydrogen-bond donors (Lipinski definition) is 11. The van der Waals surface area contributed by atoms with Gasteiger partial charge in [0, 0.05) is 24.5 Å². The summed E-state index contributed by atoms with van der Waals surface area (Å²) in [6, 6.07) is -0.118. The molecule has 2 saturated heterocycles. The van der Waals surface area contributed by atoms with Gasteiger partial charge in [-0.15, -0.1) is 0 Å². The van der Waals surface area contributed by atoms with Crippen molar-refractivity contribution in [2.75, 3.05) is 26.4 Å². The SMILES string of the molecule is O=C(O)CC(=O)OCC1OC(Oc2cc3c(cc2O)[NH+](CC=C2C=C(C(=O)O)NC(C(=O)O)C2)C(C(=O)[O-])C3)C(OC2OCC(O)(CO)C2O)C(O)C1O. The van der Waals surface area contributed by atoms with Crippen LogP contribution < -0.4 is 20.1 Å². The Hall–Kier alpha value is -4.91. The fraction of sp³-hybridized carbons (Fsp3) is 0.531. The molecule has 5 rings (SSSR count). The van der Waals surface area contributed by atoms with E-state index in [4.69, 9.17) is 28.8 Å². The molecule has 4 aliphatic heterocycles. The number of aliphatic hydroxyl groups is 5. The van der Waals surface area contributed by atoms with Gasteiger partial charge >= 0.3 is 23.9 Å². The number of carbonyl (C=O) groups excluding carboxylic acids is 2. The van der Waals surface area contributed by atoms with Gasteiger partial charge in [-0.2, -0.15) is 0 Å². The predicted octanol–water partition coefficient (Wildman–Crippen LogP) is -6.41. The molecule has 22 heteroatoms. The van der Waals surface area contributed by atoms with Gasteiger partial charge in [0.15, 0.2) is 23.9 Å². The van der Waals surface area contributed by atoms with Gasteiger partial charge in [0.25, 0.3) is 0 Å². The molecule has 0 amide bonds. The molecule has 4 heterocycles. The summed E-state index contributed by atoms with van der Waals surface area (Å²) in [5, 5.41) is 106. The second-order valence-electron chi connectivity index (χ2n) is 13.0. The Kier molecular flexibility index (Phi) is 12.1. The Bertz CT molecular complexity index is 1710. The fourth-order valence-electron chi connectivity index (χ4n) is 6.42. The lowest BCUT2D eigenvalue weighted by Crippen LogP contribution is -3.11. The number of aliphatic carboxylic acids is 4. The Morgan fingerprint density at radius 3 is 2.39 bits per heavy atom. The molecule has 11 atom stereocenters. The number of aromatic hydroxyl groups is 1. The van der Waals surface area contributed by atoms with E-state index >= 15 is 0 Å². The number of carboxylic acids is 4. The molecule has 0 aliphatic carbocycles. The number of allylic oxidation sites excluding steroid dienone is 1. The van der Waals surface area contributed by atoms with Gasteiger partial charge in [0.2, 0.25) is 6.29 Å². The first-order valence-corrected chi connectivity index (χ1v) is 16.3.